The molecule has 3 heteroatoms. The first kappa shape index (κ1) is 10.4. The molecule has 1 fully saturated rings. The summed E-state index contributed by atoms with van der Waals surface area (Å²) >= 11 is 1.72. The van der Waals surface area contributed by atoms with Crippen LogP contribution < -0.4 is 0 Å². The van der Waals surface area contributed by atoms with E-state index in [9.17, 15) is 10.2 Å². The fraction of sp³-hybridized carbons (Fsp3) is 1.00. The molecule has 0 bridgehead atoms. The molecule has 1 rings (SSSR count). The van der Waals surface area contributed by atoms with Crippen LogP contribution >= 0.6 is 11.8 Å². The van der Waals surface area contributed by atoms with Crippen molar-refractivity contribution < 1.29 is 10.2 Å². The second-order valence-electron chi connectivity index (χ2n) is 3.62. The van der Waals surface area contributed by atoms with Crippen LogP contribution in [0.3, 0.4) is 0 Å². The molecule has 72 valence electrons. The van der Waals surface area contributed by atoms with Crippen LogP contribution in [0.2, 0.25) is 0 Å². The molecule has 0 aromatic heterocycles. The number of aliphatic hydroxyl groups is 2. The Bertz CT molecular complexity index is 138. The molecule has 0 spiro atoms. The molecule has 0 saturated heterocycles. The monoisotopic (exact) mass is 190 g/mol. The zero-order valence-electron chi connectivity index (χ0n) is 7.73. The van der Waals surface area contributed by atoms with Gasteiger partial charge in [-0.05, 0) is 26.2 Å². The quantitative estimate of drug-likeness (QED) is 0.707. The normalized spacial score (nSPS) is 35.0. The van der Waals surface area contributed by atoms with Crippen LogP contribution in [0.15, 0.2) is 0 Å². The second-order valence-corrected chi connectivity index (χ2v) is 5.24. The highest BCUT2D eigenvalue weighted by Crippen LogP contribution is 2.33. The summed E-state index contributed by atoms with van der Waals surface area (Å²) in [5, 5.41) is 19.4. The molecule has 1 saturated carbocycles. The Morgan fingerprint density at radius 1 is 1.33 bits per heavy atom. The Hall–Kier alpha value is 0.270. The summed E-state index contributed by atoms with van der Waals surface area (Å²) < 4.78 is 0. The van der Waals surface area contributed by atoms with Crippen LogP contribution in [0.1, 0.15) is 33.1 Å². The van der Waals surface area contributed by atoms with Crippen LogP contribution in [0.4, 0.5) is 0 Å². The highest BCUT2D eigenvalue weighted by atomic mass is 32.2. The lowest BCUT2D eigenvalue weighted by Crippen LogP contribution is -2.23. The Morgan fingerprint density at radius 3 is 2.42 bits per heavy atom. The van der Waals surface area contributed by atoms with E-state index in [-0.39, 0.29) is 17.5 Å². The third-order valence-electron chi connectivity index (χ3n) is 2.49. The van der Waals surface area contributed by atoms with Crippen molar-refractivity contribution in [2.75, 3.05) is 0 Å². The zero-order valence-corrected chi connectivity index (χ0v) is 8.55. The zero-order chi connectivity index (χ0) is 9.14. The Morgan fingerprint density at radius 2 is 2.00 bits per heavy atom. The van der Waals surface area contributed by atoms with E-state index in [1.807, 2.05) is 6.92 Å². The van der Waals surface area contributed by atoms with Gasteiger partial charge in [0, 0.05) is 10.5 Å². The molecule has 1 aliphatic rings. The minimum Gasteiger partial charge on any atom is -0.392 e. The Balaban J connectivity index is 2.30. The number of hydrogen-bond acceptors (Lipinski definition) is 3. The molecule has 0 aromatic rings. The van der Waals surface area contributed by atoms with Gasteiger partial charge in [0.2, 0.25) is 0 Å². The van der Waals surface area contributed by atoms with Crippen LogP contribution in [-0.4, -0.2) is 32.9 Å². The van der Waals surface area contributed by atoms with Crippen LogP contribution in [-0.2, 0) is 0 Å². The van der Waals surface area contributed by atoms with Crippen molar-refractivity contribution in [3.63, 3.8) is 0 Å². The fourth-order valence-electron chi connectivity index (χ4n) is 1.45. The van der Waals surface area contributed by atoms with Gasteiger partial charge in [-0.15, -0.1) is 0 Å². The van der Waals surface area contributed by atoms with Crippen molar-refractivity contribution in [3.05, 3.63) is 0 Å². The average Bonchev–Trinajstić information content (AvgIpc) is 2.36. The third kappa shape index (κ3) is 2.64. The van der Waals surface area contributed by atoms with E-state index in [1.54, 1.807) is 18.7 Å². The molecule has 0 radical (unpaired) electrons. The van der Waals surface area contributed by atoms with E-state index < -0.39 is 0 Å². The fourth-order valence-corrected chi connectivity index (χ4v) is 2.85. The van der Waals surface area contributed by atoms with Gasteiger partial charge < -0.3 is 10.2 Å². The molecular formula is C9H18O2S. The maximum Gasteiger partial charge on any atom is 0.0658 e. The standard InChI is InChI=1S/C9H18O2S/c1-6(10)7(2)12-9-5-3-4-8(9)11/h6-11H,3-5H2,1-2H3/t6?,7?,8-,9-/m0/s1. The lowest BCUT2D eigenvalue weighted by atomic mass is 10.3. The summed E-state index contributed by atoms with van der Waals surface area (Å²) in [6.45, 7) is 3.82. The first-order valence-corrected chi connectivity index (χ1v) is 5.57. The Kier molecular flexibility index (Phi) is 3.87. The van der Waals surface area contributed by atoms with Crippen molar-refractivity contribution >= 4 is 11.8 Å². The maximum atomic E-state index is 9.52. The van der Waals surface area contributed by atoms with E-state index >= 15 is 0 Å². The van der Waals surface area contributed by atoms with E-state index in [2.05, 4.69) is 0 Å². The number of aliphatic hydroxyl groups excluding tert-OH is 2. The largest absolute Gasteiger partial charge is 0.392 e. The maximum absolute atomic E-state index is 9.52. The smallest absolute Gasteiger partial charge is 0.0658 e. The summed E-state index contributed by atoms with van der Waals surface area (Å²) in [4.78, 5) is 0. The van der Waals surface area contributed by atoms with E-state index in [0.29, 0.717) is 5.25 Å². The molecule has 2 N–H and O–H groups in total. The molecule has 12 heavy (non-hydrogen) atoms. The lowest BCUT2D eigenvalue weighted by Gasteiger charge is -2.20. The molecule has 0 heterocycles. The topological polar surface area (TPSA) is 40.5 Å². The molecule has 4 atom stereocenters. The van der Waals surface area contributed by atoms with Gasteiger partial charge in [-0.3, -0.25) is 0 Å². The van der Waals surface area contributed by atoms with Crippen LogP contribution in [0, 0.1) is 0 Å². The summed E-state index contributed by atoms with van der Waals surface area (Å²) in [7, 11) is 0. The van der Waals surface area contributed by atoms with Gasteiger partial charge in [-0.25, -0.2) is 0 Å². The second kappa shape index (κ2) is 4.49. The van der Waals surface area contributed by atoms with E-state index in [4.69, 9.17) is 0 Å². The van der Waals surface area contributed by atoms with Gasteiger partial charge in [-0.2, -0.15) is 11.8 Å². The molecule has 0 aliphatic heterocycles. The third-order valence-corrected chi connectivity index (χ3v) is 4.21. The number of hydrogen-bond donors (Lipinski definition) is 2. The van der Waals surface area contributed by atoms with E-state index in [1.165, 1.54) is 0 Å². The van der Waals surface area contributed by atoms with Crippen LogP contribution in [0.5, 0.6) is 0 Å². The van der Waals surface area contributed by atoms with E-state index in [0.717, 1.165) is 19.3 Å². The summed E-state index contributed by atoms with van der Waals surface area (Å²) in [5.74, 6) is 0. The molecule has 0 aromatic carbocycles. The number of rotatable bonds is 3. The van der Waals surface area contributed by atoms with Crippen molar-refractivity contribution in [3.8, 4) is 0 Å². The molecule has 1 aliphatic carbocycles. The first-order valence-electron chi connectivity index (χ1n) is 4.63. The van der Waals surface area contributed by atoms with Gasteiger partial charge in [0.25, 0.3) is 0 Å². The minimum atomic E-state index is -0.275. The minimum absolute atomic E-state index is 0.142. The van der Waals surface area contributed by atoms with Crippen molar-refractivity contribution in [2.24, 2.45) is 0 Å². The van der Waals surface area contributed by atoms with Gasteiger partial charge in [0.15, 0.2) is 0 Å². The molecule has 0 amide bonds. The highest BCUT2D eigenvalue weighted by molar-refractivity contribution is 8.00. The van der Waals surface area contributed by atoms with Gasteiger partial charge in [-0.1, -0.05) is 6.92 Å². The molecule has 2 nitrogen and oxygen atoms in total. The number of thioether (sulfide) groups is 1. The summed E-state index contributed by atoms with van der Waals surface area (Å²) in [6.07, 6.45) is 2.75. The van der Waals surface area contributed by atoms with Gasteiger partial charge in [0.05, 0.1) is 12.2 Å². The average molecular weight is 190 g/mol. The Labute approximate surface area is 78.4 Å². The SMILES string of the molecule is CC(O)C(C)S[C@H]1CCC[C@@H]1O. The predicted octanol–water partition coefficient (Wildman–Crippen LogP) is 1.40. The van der Waals surface area contributed by atoms with Crippen molar-refractivity contribution in [2.45, 2.75) is 55.8 Å². The van der Waals surface area contributed by atoms with Gasteiger partial charge in [0.1, 0.15) is 0 Å². The summed E-state index contributed by atoms with van der Waals surface area (Å²) in [6, 6.07) is 0. The van der Waals surface area contributed by atoms with Crippen molar-refractivity contribution in [1.29, 1.82) is 0 Å². The van der Waals surface area contributed by atoms with Crippen molar-refractivity contribution in [1.82, 2.24) is 0 Å². The van der Waals surface area contributed by atoms with Gasteiger partial charge >= 0.3 is 0 Å². The summed E-state index contributed by atoms with van der Waals surface area (Å²) in [5.41, 5.74) is 0. The lowest BCUT2D eigenvalue weighted by molar-refractivity contribution is 0.183. The molecule has 2 unspecified atom stereocenters. The highest BCUT2D eigenvalue weighted by Gasteiger charge is 2.28. The van der Waals surface area contributed by atoms with Crippen LogP contribution in [0.25, 0.3) is 0 Å². The first-order chi connectivity index (χ1) is 5.61. The molecular weight excluding hydrogens is 172 g/mol. The predicted molar refractivity (Wildman–Crippen MR) is 52.4 cm³/mol.